The number of non-ortho nitro benzene ring substituents is 1. The van der Waals surface area contributed by atoms with Crippen LogP contribution in [0.25, 0.3) is 10.2 Å². The van der Waals surface area contributed by atoms with Gasteiger partial charge in [-0.3, -0.25) is 10.1 Å². The van der Waals surface area contributed by atoms with Crippen molar-refractivity contribution in [2.45, 2.75) is 23.8 Å². The Morgan fingerprint density at radius 1 is 1.17 bits per heavy atom. The van der Waals surface area contributed by atoms with Crippen molar-refractivity contribution in [2.75, 3.05) is 20.2 Å². The highest BCUT2D eigenvalue weighted by Crippen LogP contribution is 2.32. The Morgan fingerprint density at radius 2 is 1.87 bits per heavy atom. The van der Waals surface area contributed by atoms with Crippen LogP contribution in [0.2, 0.25) is 0 Å². The van der Waals surface area contributed by atoms with Gasteiger partial charge in [0, 0.05) is 25.2 Å². The molecule has 2 heterocycles. The van der Waals surface area contributed by atoms with E-state index in [9.17, 15) is 18.5 Å². The van der Waals surface area contributed by atoms with Crippen molar-refractivity contribution in [1.82, 2.24) is 9.29 Å². The van der Waals surface area contributed by atoms with Crippen LogP contribution in [0, 0.1) is 10.1 Å². The Kier molecular flexibility index (Phi) is 5.58. The molecule has 0 radical (unpaired) electrons. The predicted octanol–water partition coefficient (Wildman–Crippen LogP) is 3.45. The first-order chi connectivity index (χ1) is 14.4. The molecule has 1 aromatic heterocycles. The van der Waals surface area contributed by atoms with E-state index in [-0.39, 0.29) is 16.7 Å². The van der Waals surface area contributed by atoms with E-state index in [1.807, 2.05) is 18.2 Å². The summed E-state index contributed by atoms with van der Waals surface area (Å²) in [5.74, 6) is 0.752. The number of thiazole rings is 1. The molecule has 4 rings (SSSR count). The van der Waals surface area contributed by atoms with Crippen molar-refractivity contribution in [3.05, 3.63) is 52.6 Å². The maximum absolute atomic E-state index is 12.8. The lowest BCUT2D eigenvalue weighted by Gasteiger charge is -2.30. The number of benzene rings is 2. The molecule has 1 saturated heterocycles. The van der Waals surface area contributed by atoms with Crippen LogP contribution in [0.4, 0.5) is 5.69 Å². The van der Waals surface area contributed by atoms with Gasteiger partial charge in [-0.1, -0.05) is 11.3 Å². The van der Waals surface area contributed by atoms with E-state index in [1.54, 1.807) is 7.11 Å². The van der Waals surface area contributed by atoms with Gasteiger partial charge in [-0.05, 0) is 43.2 Å². The molecule has 0 amide bonds. The maximum Gasteiger partial charge on any atom is 0.274 e. The smallest absolute Gasteiger partial charge is 0.274 e. The van der Waals surface area contributed by atoms with Gasteiger partial charge in [0.2, 0.25) is 10.0 Å². The minimum Gasteiger partial charge on any atom is -0.497 e. The van der Waals surface area contributed by atoms with Crippen LogP contribution >= 0.6 is 11.3 Å². The first-order valence-electron chi connectivity index (χ1n) is 9.22. The first kappa shape index (κ1) is 20.5. The Bertz CT molecular complexity index is 1170. The molecule has 0 saturated carbocycles. The molecule has 0 unspecified atom stereocenters. The number of ether oxygens (including phenoxy) is 2. The molecule has 1 aliphatic heterocycles. The zero-order chi connectivity index (χ0) is 21.3. The van der Waals surface area contributed by atoms with Gasteiger partial charge in [0.15, 0.2) is 0 Å². The summed E-state index contributed by atoms with van der Waals surface area (Å²) in [6, 6.07) is 10.6. The van der Waals surface area contributed by atoms with Crippen molar-refractivity contribution in [3.63, 3.8) is 0 Å². The SMILES string of the molecule is COc1ccc2nc(OC3CCN(S(=O)(=O)c4ccc([N+](=O)[O-])cc4)CC3)sc2c1. The third-order valence-corrected chi connectivity index (χ3v) is 7.75. The minimum absolute atomic E-state index is 0.0487. The average Bonchev–Trinajstić information content (AvgIpc) is 3.15. The van der Waals surface area contributed by atoms with Crippen LogP contribution in [-0.4, -0.2) is 48.9 Å². The molecule has 0 N–H and O–H groups in total. The number of piperidine rings is 1. The Labute approximate surface area is 177 Å². The summed E-state index contributed by atoms with van der Waals surface area (Å²) >= 11 is 1.43. The second kappa shape index (κ2) is 8.17. The number of nitrogens with zero attached hydrogens (tertiary/aromatic N) is 3. The number of sulfonamides is 1. The number of fused-ring (bicyclic) bond motifs is 1. The van der Waals surface area contributed by atoms with Crippen molar-refractivity contribution >= 4 is 37.3 Å². The van der Waals surface area contributed by atoms with Crippen molar-refractivity contribution in [3.8, 4) is 10.9 Å². The van der Waals surface area contributed by atoms with Gasteiger partial charge in [-0.2, -0.15) is 4.31 Å². The number of hydrogen-bond acceptors (Lipinski definition) is 8. The summed E-state index contributed by atoms with van der Waals surface area (Å²) in [6.07, 6.45) is 0.937. The summed E-state index contributed by atoms with van der Waals surface area (Å²) in [7, 11) is -2.09. The first-order valence-corrected chi connectivity index (χ1v) is 11.5. The van der Waals surface area contributed by atoms with Crippen LogP contribution in [0.1, 0.15) is 12.8 Å². The Balaban J connectivity index is 1.40. The number of nitro benzene ring substituents is 1. The van der Waals surface area contributed by atoms with E-state index in [1.165, 1.54) is 39.9 Å². The number of nitro groups is 1. The second-order valence-corrected chi connectivity index (χ2v) is 9.72. The molecule has 3 aromatic rings. The normalized spacial score (nSPS) is 15.9. The molecule has 2 aromatic carbocycles. The molecule has 1 fully saturated rings. The standard InChI is InChI=1S/C19H19N3O6S2/c1-27-15-4-7-17-18(12-15)29-19(20-17)28-14-8-10-21(11-9-14)30(25,26)16-5-2-13(3-6-16)22(23)24/h2-7,12,14H,8-11H2,1H3. The number of hydrogen-bond donors (Lipinski definition) is 0. The highest BCUT2D eigenvalue weighted by Gasteiger charge is 2.31. The van der Waals surface area contributed by atoms with Crippen molar-refractivity contribution in [2.24, 2.45) is 0 Å². The molecular formula is C19H19N3O6S2. The summed E-state index contributed by atoms with van der Waals surface area (Å²) in [6.45, 7) is 0.616. The third kappa shape index (κ3) is 4.09. The molecule has 0 bridgehead atoms. The van der Waals surface area contributed by atoms with E-state index < -0.39 is 14.9 Å². The fourth-order valence-electron chi connectivity index (χ4n) is 3.28. The molecule has 1 aliphatic rings. The van der Waals surface area contributed by atoms with Crippen LogP contribution in [0.3, 0.4) is 0 Å². The monoisotopic (exact) mass is 449 g/mol. The zero-order valence-electron chi connectivity index (χ0n) is 16.1. The Hall–Kier alpha value is -2.76. The predicted molar refractivity (Wildman–Crippen MR) is 112 cm³/mol. The number of aromatic nitrogens is 1. The lowest BCUT2D eigenvalue weighted by molar-refractivity contribution is -0.384. The third-order valence-electron chi connectivity index (χ3n) is 4.93. The molecule has 11 heteroatoms. The molecule has 0 spiro atoms. The van der Waals surface area contributed by atoms with E-state index in [0.717, 1.165) is 16.0 Å². The van der Waals surface area contributed by atoms with E-state index in [4.69, 9.17) is 9.47 Å². The lowest BCUT2D eigenvalue weighted by Crippen LogP contribution is -2.41. The second-order valence-electron chi connectivity index (χ2n) is 6.79. The van der Waals surface area contributed by atoms with Gasteiger partial charge >= 0.3 is 0 Å². The molecule has 30 heavy (non-hydrogen) atoms. The quantitative estimate of drug-likeness (QED) is 0.418. The van der Waals surface area contributed by atoms with Gasteiger partial charge in [0.25, 0.3) is 10.9 Å². The minimum atomic E-state index is -3.70. The topological polar surface area (TPSA) is 112 Å². The lowest BCUT2D eigenvalue weighted by atomic mass is 10.1. The van der Waals surface area contributed by atoms with Crippen molar-refractivity contribution < 1.29 is 22.8 Å². The van der Waals surface area contributed by atoms with E-state index >= 15 is 0 Å². The summed E-state index contributed by atoms with van der Waals surface area (Å²) in [5.41, 5.74) is 0.684. The van der Waals surface area contributed by atoms with Gasteiger partial charge in [0.1, 0.15) is 11.9 Å². The maximum atomic E-state index is 12.8. The van der Waals surface area contributed by atoms with Gasteiger partial charge < -0.3 is 9.47 Å². The fourth-order valence-corrected chi connectivity index (χ4v) is 5.66. The molecular weight excluding hydrogens is 430 g/mol. The number of rotatable bonds is 6. The highest BCUT2D eigenvalue weighted by molar-refractivity contribution is 7.89. The highest BCUT2D eigenvalue weighted by atomic mass is 32.2. The van der Waals surface area contributed by atoms with E-state index in [2.05, 4.69) is 4.98 Å². The summed E-state index contributed by atoms with van der Waals surface area (Å²) in [4.78, 5) is 14.7. The van der Waals surface area contributed by atoms with E-state index in [0.29, 0.717) is 31.1 Å². The van der Waals surface area contributed by atoms with Crippen molar-refractivity contribution in [1.29, 1.82) is 0 Å². The molecule has 9 nitrogen and oxygen atoms in total. The van der Waals surface area contributed by atoms with Crippen LogP contribution < -0.4 is 9.47 Å². The summed E-state index contributed by atoms with van der Waals surface area (Å²) < 4.78 is 39.2. The fraction of sp³-hybridized carbons (Fsp3) is 0.316. The van der Waals surface area contributed by atoms with Gasteiger partial charge in [0.05, 0.1) is 27.1 Å². The number of methoxy groups -OCH3 is 1. The average molecular weight is 450 g/mol. The van der Waals surface area contributed by atoms with Crippen LogP contribution in [0.5, 0.6) is 10.9 Å². The largest absolute Gasteiger partial charge is 0.497 e. The van der Waals surface area contributed by atoms with Gasteiger partial charge in [-0.15, -0.1) is 0 Å². The summed E-state index contributed by atoms with van der Waals surface area (Å²) in [5, 5.41) is 11.3. The van der Waals surface area contributed by atoms with Gasteiger partial charge in [-0.25, -0.2) is 13.4 Å². The molecule has 0 aliphatic carbocycles. The molecule has 158 valence electrons. The van der Waals surface area contributed by atoms with Crippen LogP contribution in [-0.2, 0) is 10.0 Å². The zero-order valence-corrected chi connectivity index (χ0v) is 17.7. The Morgan fingerprint density at radius 3 is 2.50 bits per heavy atom. The molecule has 0 atom stereocenters. The van der Waals surface area contributed by atoms with Crippen LogP contribution in [0.15, 0.2) is 47.4 Å².